The number of aromatic nitrogens is 2. The molecule has 1 fully saturated rings. The number of H-pyrrole nitrogens is 1. The Kier molecular flexibility index (Phi) is 5.05. The number of thioether (sulfide) groups is 1. The van der Waals surface area contributed by atoms with Gasteiger partial charge >= 0.3 is 5.97 Å². The monoisotopic (exact) mass is 311 g/mol. The number of aliphatic carboxylic acids is 1. The van der Waals surface area contributed by atoms with Crippen LogP contribution in [-0.4, -0.2) is 38.9 Å². The molecule has 6 nitrogen and oxygen atoms in total. The molecule has 1 heterocycles. The Morgan fingerprint density at radius 1 is 1.67 bits per heavy atom. The molecule has 0 amide bonds. The van der Waals surface area contributed by atoms with E-state index in [0.717, 1.165) is 25.0 Å². The number of carboxylic acids is 1. The second-order valence-corrected chi connectivity index (χ2v) is 6.70. The predicted molar refractivity (Wildman–Crippen MR) is 81.8 cm³/mol. The van der Waals surface area contributed by atoms with Gasteiger partial charge in [-0.25, -0.2) is 4.98 Å². The molecule has 1 saturated carbocycles. The topological polar surface area (TPSA) is 95.1 Å². The van der Waals surface area contributed by atoms with E-state index in [1.807, 2.05) is 6.92 Å². The number of nitrogens with one attached hydrogen (secondary N) is 2. The summed E-state index contributed by atoms with van der Waals surface area (Å²) in [4.78, 5) is 30.2. The van der Waals surface area contributed by atoms with E-state index in [-0.39, 0.29) is 10.8 Å². The molecule has 1 aliphatic rings. The van der Waals surface area contributed by atoms with Crippen LogP contribution >= 0.6 is 11.8 Å². The lowest BCUT2D eigenvalue weighted by molar-refractivity contribution is -0.144. The quantitative estimate of drug-likeness (QED) is 0.688. The molecule has 2 unspecified atom stereocenters. The first-order valence-corrected chi connectivity index (χ1v) is 8.06. The first-order chi connectivity index (χ1) is 9.99. The van der Waals surface area contributed by atoms with E-state index in [1.165, 1.54) is 17.8 Å². The minimum absolute atomic E-state index is 0.146. The third kappa shape index (κ3) is 3.65. The van der Waals surface area contributed by atoms with Crippen LogP contribution in [0.1, 0.15) is 38.3 Å². The highest BCUT2D eigenvalue weighted by Gasteiger charge is 2.44. The number of nitrogens with zero attached hydrogens (tertiary/aromatic N) is 1. The number of hydrogen-bond acceptors (Lipinski definition) is 5. The molecule has 0 saturated heterocycles. The van der Waals surface area contributed by atoms with Crippen molar-refractivity contribution in [3.8, 4) is 0 Å². The maximum Gasteiger partial charge on any atom is 0.323 e. The summed E-state index contributed by atoms with van der Waals surface area (Å²) in [6.07, 6.45) is 3.63. The average Bonchev–Trinajstić information content (AvgIpc) is 2.83. The maximum atomic E-state index is 11.6. The van der Waals surface area contributed by atoms with Crippen LogP contribution < -0.4 is 10.9 Å². The van der Waals surface area contributed by atoms with E-state index in [4.69, 9.17) is 0 Å². The van der Waals surface area contributed by atoms with Gasteiger partial charge in [-0.05, 0) is 32.7 Å². The fourth-order valence-electron chi connectivity index (χ4n) is 2.71. The van der Waals surface area contributed by atoms with Crippen molar-refractivity contribution in [3.63, 3.8) is 0 Å². The molecule has 3 N–H and O–H groups in total. The summed E-state index contributed by atoms with van der Waals surface area (Å²) in [6, 6.07) is 1.53. The Morgan fingerprint density at radius 2 is 2.43 bits per heavy atom. The van der Waals surface area contributed by atoms with Gasteiger partial charge in [-0.15, -0.1) is 0 Å². The zero-order valence-electron chi connectivity index (χ0n) is 12.3. The van der Waals surface area contributed by atoms with Crippen LogP contribution in [0, 0.1) is 0 Å². The van der Waals surface area contributed by atoms with Gasteiger partial charge in [-0.1, -0.05) is 25.1 Å². The number of rotatable bonds is 6. The first-order valence-electron chi connectivity index (χ1n) is 7.18. The van der Waals surface area contributed by atoms with Crippen LogP contribution in [0.25, 0.3) is 0 Å². The normalized spacial score (nSPS) is 25.1. The summed E-state index contributed by atoms with van der Waals surface area (Å²) in [5, 5.41) is 13.0. The third-order valence-corrected chi connectivity index (χ3v) is 5.07. The van der Waals surface area contributed by atoms with Gasteiger partial charge in [0.2, 0.25) is 0 Å². The van der Waals surface area contributed by atoms with Gasteiger partial charge in [0, 0.05) is 17.0 Å². The Balaban J connectivity index is 2.10. The number of carbonyl (C=O) groups is 1. The molecule has 2 atom stereocenters. The van der Waals surface area contributed by atoms with Crippen molar-refractivity contribution < 1.29 is 9.90 Å². The van der Waals surface area contributed by atoms with Crippen molar-refractivity contribution in [1.82, 2.24) is 15.3 Å². The molecular weight excluding hydrogens is 290 g/mol. The summed E-state index contributed by atoms with van der Waals surface area (Å²) >= 11 is 1.47. The van der Waals surface area contributed by atoms with Crippen molar-refractivity contribution >= 4 is 17.7 Å². The molecular formula is C14H21N3O3S. The second-order valence-electron chi connectivity index (χ2n) is 5.41. The van der Waals surface area contributed by atoms with Crippen LogP contribution in [-0.2, 0) is 11.2 Å². The van der Waals surface area contributed by atoms with Crippen LogP contribution in [0.2, 0.25) is 0 Å². The molecule has 1 aromatic heterocycles. The second kappa shape index (κ2) is 6.62. The zero-order valence-corrected chi connectivity index (χ0v) is 13.1. The summed E-state index contributed by atoms with van der Waals surface area (Å²) in [6.45, 7) is 2.04. The van der Waals surface area contributed by atoms with E-state index in [0.29, 0.717) is 18.0 Å². The van der Waals surface area contributed by atoms with Crippen molar-refractivity contribution in [3.05, 3.63) is 22.1 Å². The molecule has 116 valence electrons. The van der Waals surface area contributed by atoms with Gasteiger partial charge in [0.15, 0.2) is 5.16 Å². The van der Waals surface area contributed by atoms with Crippen molar-refractivity contribution in [1.29, 1.82) is 0 Å². The number of likely N-dealkylation sites (N-methyl/N-ethyl adjacent to an activating group) is 1. The van der Waals surface area contributed by atoms with Crippen molar-refractivity contribution in [2.45, 2.75) is 55.0 Å². The lowest BCUT2D eigenvalue weighted by atomic mass is 9.99. The molecule has 1 aromatic rings. The first kappa shape index (κ1) is 16.0. The van der Waals surface area contributed by atoms with Gasteiger partial charge in [0.25, 0.3) is 5.56 Å². The molecule has 21 heavy (non-hydrogen) atoms. The maximum absolute atomic E-state index is 11.6. The van der Waals surface area contributed by atoms with E-state index in [9.17, 15) is 14.7 Å². The minimum atomic E-state index is -0.848. The van der Waals surface area contributed by atoms with Gasteiger partial charge in [-0.3, -0.25) is 9.59 Å². The Hall–Kier alpha value is -1.34. The number of carboxylic acid groups (broad SMARTS) is 1. The minimum Gasteiger partial charge on any atom is -0.480 e. The van der Waals surface area contributed by atoms with Crippen LogP contribution in [0.5, 0.6) is 0 Å². The van der Waals surface area contributed by atoms with E-state index < -0.39 is 11.5 Å². The summed E-state index contributed by atoms with van der Waals surface area (Å²) < 4.78 is 0. The Morgan fingerprint density at radius 3 is 3.00 bits per heavy atom. The van der Waals surface area contributed by atoms with Gasteiger partial charge in [0.05, 0.1) is 0 Å². The van der Waals surface area contributed by atoms with E-state index in [1.54, 1.807) is 7.05 Å². The van der Waals surface area contributed by atoms with E-state index in [2.05, 4.69) is 15.3 Å². The smallest absolute Gasteiger partial charge is 0.323 e. The molecule has 1 aliphatic carbocycles. The molecule has 0 radical (unpaired) electrons. The van der Waals surface area contributed by atoms with Gasteiger partial charge < -0.3 is 15.4 Å². The van der Waals surface area contributed by atoms with Crippen molar-refractivity contribution in [2.24, 2.45) is 0 Å². The average molecular weight is 311 g/mol. The van der Waals surface area contributed by atoms with Gasteiger partial charge in [0.1, 0.15) is 5.54 Å². The summed E-state index contributed by atoms with van der Waals surface area (Å²) in [5.74, 6) is -0.811. The number of aromatic amines is 1. The molecule has 0 spiro atoms. The number of aryl methyl sites for hydroxylation is 1. The highest BCUT2D eigenvalue weighted by Crippen LogP contribution is 2.39. The van der Waals surface area contributed by atoms with Crippen LogP contribution in [0.4, 0.5) is 0 Å². The predicted octanol–water partition coefficient (Wildman–Crippen LogP) is 1.41. The molecule has 2 rings (SSSR count). The Bertz CT molecular complexity index is 575. The van der Waals surface area contributed by atoms with Crippen molar-refractivity contribution in [2.75, 3.05) is 7.05 Å². The summed E-state index contributed by atoms with van der Waals surface area (Å²) in [7, 11) is 1.68. The molecule has 0 bridgehead atoms. The Labute approximate surface area is 127 Å². The lowest BCUT2D eigenvalue weighted by Crippen LogP contribution is -2.48. The molecule has 7 heteroatoms. The van der Waals surface area contributed by atoms with Crippen LogP contribution in [0.15, 0.2) is 16.0 Å². The number of hydrogen-bond donors (Lipinski definition) is 3. The fraction of sp³-hybridized carbons (Fsp3) is 0.643. The fourth-order valence-corrected chi connectivity index (χ4v) is 3.96. The van der Waals surface area contributed by atoms with Gasteiger partial charge in [-0.2, -0.15) is 0 Å². The highest BCUT2D eigenvalue weighted by atomic mass is 32.2. The summed E-state index contributed by atoms with van der Waals surface area (Å²) in [5.41, 5.74) is -0.203. The largest absolute Gasteiger partial charge is 0.480 e. The third-order valence-electron chi connectivity index (χ3n) is 3.91. The molecule has 0 aromatic carbocycles. The standard InChI is InChI=1S/C14H21N3O3S/c1-3-4-9-7-11(18)17-13(16-9)21-10-5-6-14(8-10,15-2)12(19)20/h7,10,15H,3-6,8H2,1-2H3,(H,19,20)(H,16,17,18). The zero-order chi connectivity index (χ0) is 15.5. The highest BCUT2D eigenvalue weighted by molar-refractivity contribution is 7.99. The SMILES string of the molecule is CCCc1cc(=O)[nH]c(SC2CCC(NC)(C(=O)O)C2)n1. The van der Waals surface area contributed by atoms with Crippen LogP contribution in [0.3, 0.4) is 0 Å². The lowest BCUT2D eigenvalue weighted by Gasteiger charge is -2.23. The van der Waals surface area contributed by atoms with E-state index >= 15 is 0 Å². The molecule has 0 aliphatic heterocycles.